The molecule has 1 aliphatic rings. The maximum absolute atomic E-state index is 13.9. The van der Waals surface area contributed by atoms with E-state index in [1.165, 1.54) is 6.07 Å². The molecule has 0 spiro atoms. The molecule has 0 bridgehead atoms. The highest BCUT2D eigenvalue weighted by molar-refractivity contribution is 5.98. The Bertz CT molecular complexity index is 453. The van der Waals surface area contributed by atoms with Crippen LogP contribution in [0.5, 0.6) is 0 Å². The van der Waals surface area contributed by atoms with Crippen molar-refractivity contribution in [2.45, 2.75) is 46.1 Å². The molecule has 1 aromatic rings. The number of ketones is 1. The lowest BCUT2D eigenvalue weighted by Gasteiger charge is -2.34. The number of halogens is 1. The molecule has 2 nitrogen and oxygen atoms in total. The van der Waals surface area contributed by atoms with E-state index in [4.69, 9.17) is 4.74 Å². The third-order valence-corrected chi connectivity index (χ3v) is 3.78. The number of benzene rings is 1. The summed E-state index contributed by atoms with van der Waals surface area (Å²) in [5, 5.41) is 0. The van der Waals surface area contributed by atoms with Gasteiger partial charge in [-0.2, -0.15) is 0 Å². The van der Waals surface area contributed by atoms with Crippen LogP contribution in [0.3, 0.4) is 0 Å². The first kappa shape index (κ1) is 14.2. The number of Topliss-reactive ketones (excluding diaryl/α,β-unsaturated/α-hetero) is 1. The Hall–Kier alpha value is -1.22. The summed E-state index contributed by atoms with van der Waals surface area (Å²) in [7, 11) is 0. The van der Waals surface area contributed by atoms with Crippen LogP contribution < -0.4 is 0 Å². The first-order valence-corrected chi connectivity index (χ1v) is 6.92. The predicted molar refractivity (Wildman–Crippen MR) is 73.0 cm³/mol. The van der Waals surface area contributed by atoms with Gasteiger partial charge in [0.25, 0.3) is 0 Å². The number of ether oxygens (including phenoxy) is 1. The fraction of sp³-hybridized carbons (Fsp3) is 0.562. The van der Waals surface area contributed by atoms with Crippen molar-refractivity contribution in [1.82, 2.24) is 0 Å². The van der Waals surface area contributed by atoms with Crippen LogP contribution in [0.2, 0.25) is 0 Å². The normalized spacial score (nSPS) is 22.1. The summed E-state index contributed by atoms with van der Waals surface area (Å²) in [4.78, 5) is 12.2. The minimum atomic E-state index is -0.386. The molecule has 1 fully saturated rings. The molecular weight excluding hydrogens is 243 g/mol. The van der Waals surface area contributed by atoms with Gasteiger partial charge in [-0.3, -0.25) is 4.79 Å². The van der Waals surface area contributed by atoms with Gasteiger partial charge < -0.3 is 4.74 Å². The van der Waals surface area contributed by atoms with Crippen molar-refractivity contribution in [2.75, 3.05) is 6.61 Å². The van der Waals surface area contributed by atoms with Crippen LogP contribution in [0, 0.1) is 25.6 Å². The standard InChI is InChI=1S/C16H21FO2/c1-4-19-13-7-12(8-13)9-15(18)16-11(3)5-10(2)6-14(16)17/h5-6,12-13H,4,7-9H2,1-3H3. The summed E-state index contributed by atoms with van der Waals surface area (Å²) in [5.41, 5.74) is 1.86. The molecule has 0 aromatic heterocycles. The first-order chi connectivity index (χ1) is 9.01. The molecule has 1 aliphatic carbocycles. The summed E-state index contributed by atoms with van der Waals surface area (Å²) in [6.07, 6.45) is 2.58. The van der Waals surface area contributed by atoms with Crippen molar-refractivity contribution >= 4 is 5.78 Å². The third-order valence-electron chi connectivity index (χ3n) is 3.78. The predicted octanol–water partition coefficient (Wildman–Crippen LogP) is 3.83. The van der Waals surface area contributed by atoms with Gasteiger partial charge >= 0.3 is 0 Å². The Labute approximate surface area is 114 Å². The number of hydrogen-bond donors (Lipinski definition) is 0. The lowest BCUT2D eigenvalue weighted by molar-refractivity contribution is -0.0246. The van der Waals surface area contributed by atoms with Gasteiger partial charge in [-0.05, 0) is 56.7 Å². The second-order valence-electron chi connectivity index (χ2n) is 5.48. The molecule has 0 radical (unpaired) electrons. The Morgan fingerprint density at radius 3 is 2.63 bits per heavy atom. The zero-order valence-electron chi connectivity index (χ0n) is 11.8. The molecule has 104 valence electrons. The molecule has 1 saturated carbocycles. The second kappa shape index (κ2) is 5.83. The maximum Gasteiger partial charge on any atom is 0.166 e. The lowest BCUT2D eigenvalue weighted by atomic mass is 9.78. The van der Waals surface area contributed by atoms with Crippen molar-refractivity contribution in [2.24, 2.45) is 5.92 Å². The van der Waals surface area contributed by atoms with Crippen LogP contribution in [0.4, 0.5) is 4.39 Å². The van der Waals surface area contributed by atoms with E-state index in [1.807, 2.05) is 19.9 Å². The average Bonchev–Trinajstić information content (AvgIpc) is 2.24. The molecule has 19 heavy (non-hydrogen) atoms. The van der Waals surface area contributed by atoms with Gasteiger partial charge in [-0.25, -0.2) is 4.39 Å². The van der Waals surface area contributed by atoms with E-state index >= 15 is 0 Å². The Kier molecular flexibility index (Phi) is 4.35. The van der Waals surface area contributed by atoms with E-state index < -0.39 is 0 Å². The van der Waals surface area contributed by atoms with Crippen LogP contribution in [-0.2, 0) is 4.74 Å². The van der Waals surface area contributed by atoms with Gasteiger partial charge in [0, 0.05) is 13.0 Å². The Morgan fingerprint density at radius 2 is 2.05 bits per heavy atom. The van der Waals surface area contributed by atoms with Crippen LogP contribution in [0.15, 0.2) is 12.1 Å². The zero-order valence-corrected chi connectivity index (χ0v) is 11.8. The summed E-state index contributed by atoms with van der Waals surface area (Å²) in [6, 6.07) is 3.30. The van der Waals surface area contributed by atoms with Gasteiger partial charge in [0.1, 0.15) is 5.82 Å². The largest absolute Gasteiger partial charge is 0.378 e. The van der Waals surface area contributed by atoms with E-state index in [0.717, 1.165) is 30.6 Å². The molecule has 0 N–H and O–H groups in total. The van der Waals surface area contributed by atoms with E-state index in [-0.39, 0.29) is 17.2 Å². The summed E-state index contributed by atoms with van der Waals surface area (Å²) in [5.74, 6) is -0.109. The van der Waals surface area contributed by atoms with E-state index in [2.05, 4.69) is 0 Å². The van der Waals surface area contributed by atoms with Gasteiger partial charge in [0.2, 0.25) is 0 Å². The molecule has 0 aliphatic heterocycles. The fourth-order valence-corrected chi connectivity index (χ4v) is 2.85. The third kappa shape index (κ3) is 3.21. The van der Waals surface area contributed by atoms with Gasteiger partial charge in [0.05, 0.1) is 11.7 Å². The molecular formula is C16H21FO2. The van der Waals surface area contributed by atoms with Crippen molar-refractivity contribution in [1.29, 1.82) is 0 Å². The maximum atomic E-state index is 13.9. The Morgan fingerprint density at radius 1 is 1.37 bits per heavy atom. The number of rotatable bonds is 5. The van der Waals surface area contributed by atoms with Crippen molar-refractivity contribution < 1.29 is 13.9 Å². The quantitative estimate of drug-likeness (QED) is 0.755. The minimum absolute atomic E-state index is 0.0741. The van der Waals surface area contributed by atoms with Gasteiger partial charge in [0.15, 0.2) is 5.78 Å². The SMILES string of the molecule is CCOC1CC(CC(=O)c2c(C)cc(C)cc2F)C1. The van der Waals surface area contributed by atoms with Crippen molar-refractivity contribution in [3.05, 3.63) is 34.6 Å². The molecule has 3 heteroatoms. The minimum Gasteiger partial charge on any atom is -0.378 e. The Balaban J connectivity index is 1.98. The van der Waals surface area contributed by atoms with Crippen molar-refractivity contribution in [3.8, 4) is 0 Å². The summed E-state index contributed by atoms with van der Waals surface area (Å²) >= 11 is 0. The smallest absolute Gasteiger partial charge is 0.166 e. The molecule has 1 aromatic carbocycles. The first-order valence-electron chi connectivity index (χ1n) is 6.92. The van der Waals surface area contributed by atoms with Crippen LogP contribution >= 0.6 is 0 Å². The number of carbonyl (C=O) groups excluding carboxylic acids is 1. The van der Waals surface area contributed by atoms with Gasteiger partial charge in [-0.1, -0.05) is 6.07 Å². The number of carbonyl (C=O) groups is 1. The van der Waals surface area contributed by atoms with Crippen LogP contribution in [0.1, 0.15) is 47.7 Å². The molecule has 0 saturated heterocycles. The molecule has 0 amide bonds. The summed E-state index contributed by atoms with van der Waals surface area (Å²) < 4.78 is 19.4. The van der Waals surface area contributed by atoms with E-state index in [1.54, 1.807) is 6.92 Å². The highest BCUT2D eigenvalue weighted by atomic mass is 19.1. The van der Waals surface area contributed by atoms with Crippen LogP contribution in [0.25, 0.3) is 0 Å². The molecule has 0 unspecified atom stereocenters. The van der Waals surface area contributed by atoms with Crippen LogP contribution in [-0.4, -0.2) is 18.5 Å². The topological polar surface area (TPSA) is 26.3 Å². The van der Waals surface area contributed by atoms with Crippen molar-refractivity contribution in [3.63, 3.8) is 0 Å². The number of aryl methyl sites for hydroxylation is 2. The van der Waals surface area contributed by atoms with E-state index in [0.29, 0.717) is 18.4 Å². The number of hydrogen-bond acceptors (Lipinski definition) is 2. The highest BCUT2D eigenvalue weighted by Crippen LogP contribution is 2.34. The molecule has 0 atom stereocenters. The fourth-order valence-electron chi connectivity index (χ4n) is 2.85. The van der Waals surface area contributed by atoms with E-state index in [9.17, 15) is 9.18 Å². The zero-order chi connectivity index (χ0) is 14.0. The molecule has 0 heterocycles. The highest BCUT2D eigenvalue weighted by Gasteiger charge is 2.32. The van der Waals surface area contributed by atoms with Gasteiger partial charge in [-0.15, -0.1) is 0 Å². The second-order valence-corrected chi connectivity index (χ2v) is 5.48. The summed E-state index contributed by atoms with van der Waals surface area (Å²) in [6.45, 7) is 6.33. The average molecular weight is 264 g/mol. The molecule has 2 rings (SSSR count). The monoisotopic (exact) mass is 264 g/mol. The lowest BCUT2D eigenvalue weighted by Crippen LogP contribution is -2.33.